The third-order valence-electron chi connectivity index (χ3n) is 3.30. The first-order valence-electron chi connectivity index (χ1n) is 6.00. The van der Waals surface area contributed by atoms with Gasteiger partial charge in [0.25, 0.3) is 0 Å². The van der Waals surface area contributed by atoms with E-state index in [2.05, 4.69) is 9.97 Å². The Bertz CT molecular complexity index is 831. The highest BCUT2D eigenvalue weighted by atomic mass is 16.1. The number of hydrogen-bond acceptors (Lipinski definition) is 3. The molecular weight excluding hydrogens is 240 g/mol. The van der Waals surface area contributed by atoms with E-state index in [-0.39, 0.29) is 11.6 Å². The van der Waals surface area contributed by atoms with Crippen LogP contribution in [0.2, 0.25) is 0 Å². The molecule has 0 aliphatic rings. The molecule has 0 amide bonds. The minimum atomic E-state index is -0.0350. The number of hydrogen-bond donors (Lipinski definition) is 1. The first-order valence-corrected chi connectivity index (χ1v) is 6.00. The number of pyridine rings is 1. The minimum absolute atomic E-state index is 0.00510. The molecular formula is C15H12N2O2. The molecule has 1 aromatic carbocycles. The lowest BCUT2D eigenvalue weighted by molar-refractivity contribution is 0.101. The molecule has 94 valence electrons. The van der Waals surface area contributed by atoms with Crippen LogP contribution in [-0.4, -0.2) is 21.5 Å². The number of benzene rings is 1. The number of rotatable bonds is 2. The number of Topliss-reactive ketones (excluding diaryl/α,β-unsaturated/α-hetero) is 2. The van der Waals surface area contributed by atoms with Crippen molar-refractivity contribution < 1.29 is 9.59 Å². The van der Waals surface area contributed by atoms with Gasteiger partial charge in [-0.15, -0.1) is 0 Å². The molecule has 0 atom stereocenters. The highest BCUT2D eigenvalue weighted by Gasteiger charge is 2.15. The SMILES string of the molecule is CC(=O)c1cccc2c1[nH]c1cncc(C(C)=O)c12. The lowest BCUT2D eigenvalue weighted by Gasteiger charge is -1.99. The second kappa shape index (κ2) is 4.02. The molecule has 0 spiro atoms. The van der Waals surface area contributed by atoms with Crippen LogP contribution in [0.3, 0.4) is 0 Å². The van der Waals surface area contributed by atoms with Gasteiger partial charge < -0.3 is 4.98 Å². The van der Waals surface area contributed by atoms with Crippen molar-refractivity contribution in [3.63, 3.8) is 0 Å². The topological polar surface area (TPSA) is 62.8 Å². The quantitative estimate of drug-likeness (QED) is 0.713. The molecule has 4 heteroatoms. The van der Waals surface area contributed by atoms with Gasteiger partial charge >= 0.3 is 0 Å². The second-order valence-electron chi connectivity index (χ2n) is 4.58. The van der Waals surface area contributed by atoms with Crippen LogP contribution in [0.4, 0.5) is 0 Å². The molecule has 0 saturated carbocycles. The zero-order valence-electron chi connectivity index (χ0n) is 10.7. The van der Waals surface area contributed by atoms with E-state index in [0.29, 0.717) is 11.1 Å². The van der Waals surface area contributed by atoms with Crippen LogP contribution in [0.25, 0.3) is 21.8 Å². The van der Waals surface area contributed by atoms with E-state index in [0.717, 1.165) is 21.8 Å². The van der Waals surface area contributed by atoms with Crippen LogP contribution in [0.15, 0.2) is 30.6 Å². The molecule has 0 aliphatic heterocycles. The predicted octanol–water partition coefficient (Wildman–Crippen LogP) is 3.12. The normalized spacial score (nSPS) is 11.1. The van der Waals surface area contributed by atoms with Crippen molar-refractivity contribution in [1.82, 2.24) is 9.97 Å². The summed E-state index contributed by atoms with van der Waals surface area (Å²) in [6.07, 6.45) is 3.24. The molecule has 1 N–H and O–H groups in total. The number of aromatic nitrogens is 2. The Labute approximate surface area is 109 Å². The monoisotopic (exact) mass is 252 g/mol. The molecule has 3 aromatic rings. The smallest absolute Gasteiger partial charge is 0.162 e. The van der Waals surface area contributed by atoms with Crippen molar-refractivity contribution in [1.29, 1.82) is 0 Å². The second-order valence-corrected chi connectivity index (χ2v) is 4.58. The van der Waals surface area contributed by atoms with Crippen LogP contribution < -0.4 is 0 Å². The van der Waals surface area contributed by atoms with Gasteiger partial charge in [0.15, 0.2) is 11.6 Å². The average molecular weight is 252 g/mol. The van der Waals surface area contributed by atoms with Gasteiger partial charge in [-0.05, 0) is 19.9 Å². The van der Waals surface area contributed by atoms with E-state index >= 15 is 0 Å². The number of carbonyl (C=O) groups excluding carboxylic acids is 2. The molecule has 2 heterocycles. The Balaban J connectivity index is 2.54. The van der Waals surface area contributed by atoms with E-state index in [1.165, 1.54) is 13.8 Å². The van der Waals surface area contributed by atoms with Crippen molar-refractivity contribution in [2.24, 2.45) is 0 Å². The summed E-state index contributed by atoms with van der Waals surface area (Å²) in [4.78, 5) is 30.6. The van der Waals surface area contributed by atoms with Gasteiger partial charge in [0.1, 0.15) is 0 Å². The fourth-order valence-electron chi connectivity index (χ4n) is 2.44. The maximum absolute atomic E-state index is 11.7. The van der Waals surface area contributed by atoms with Gasteiger partial charge in [-0.3, -0.25) is 14.6 Å². The molecule has 0 aliphatic carbocycles. The Morgan fingerprint density at radius 2 is 1.79 bits per heavy atom. The summed E-state index contributed by atoms with van der Waals surface area (Å²) in [5.74, 6) is -0.0401. The zero-order chi connectivity index (χ0) is 13.6. The number of nitrogens with one attached hydrogen (secondary N) is 1. The molecule has 0 bridgehead atoms. The van der Waals surface area contributed by atoms with Gasteiger partial charge in [0.2, 0.25) is 0 Å². The maximum Gasteiger partial charge on any atom is 0.162 e. The van der Waals surface area contributed by atoms with Crippen molar-refractivity contribution in [2.45, 2.75) is 13.8 Å². The molecule has 3 rings (SSSR count). The first-order chi connectivity index (χ1) is 9.09. The number of ketones is 2. The van der Waals surface area contributed by atoms with Crippen LogP contribution in [-0.2, 0) is 0 Å². The fourth-order valence-corrected chi connectivity index (χ4v) is 2.44. The highest BCUT2D eigenvalue weighted by molar-refractivity contribution is 6.20. The van der Waals surface area contributed by atoms with Crippen molar-refractivity contribution in [2.75, 3.05) is 0 Å². The minimum Gasteiger partial charge on any atom is -0.353 e. The van der Waals surface area contributed by atoms with Crippen LogP contribution >= 0.6 is 0 Å². The largest absolute Gasteiger partial charge is 0.353 e. The lowest BCUT2D eigenvalue weighted by Crippen LogP contribution is -1.94. The average Bonchev–Trinajstić information content (AvgIpc) is 2.76. The summed E-state index contributed by atoms with van der Waals surface area (Å²) in [6.45, 7) is 3.05. The Hall–Kier alpha value is -2.49. The summed E-state index contributed by atoms with van der Waals surface area (Å²) in [6, 6.07) is 5.52. The van der Waals surface area contributed by atoms with Gasteiger partial charge in [-0.2, -0.15) is 0 Å². The zero-order valence-corrected chi connectivity index (χ0v) is 10.7. The van der Waals surface area contributed by atoms with Gasteiger partial charge in [0.05, 0.1) is 17.2 Å². The molecule has 0 saturated heterocycles. The van der Waals surface area contributed by atoms with Crippen molar-refractivity contribution in [3.8, 4) is 0 Å². The Morgan fingerprint density at radius 3 is 2.47 bits per heavy atom. The summed E-state index contributed by atoms with van der Waals surface area (Å²) in [5, 5.41) is 1.72. The molecule has 19 heavy (non-hydrogen) atoms. The molecule has 2 aromatic heterocycles. The van der Waals surface area contributed by atoms with E-state index in [1.807, 2.05) is 12.1 Å². The van der Waals surface area contributed by atoms with E-state index < -0.39 is 0 Å². The predicted molar refractivity (Wildman–Crippen MR) is 73.6 cm³/mol. The van der Waals surface area contributed by atoms with Crippen molar-refractivity contribution in [3.05, 3.63) is 41.7 Å². The number of carbonyl (C=O) groups is 2. The summed E-state index contributed by atoms with van der Waals surface area (Å²) in [7, 11) is 0. The summed E-state index contributed by atoms with van der Waals surface area (Å²) in [5.41, 5.74) is 2.74. The van der Waals surface area contributed by atoms with Crippen molar-refractivity contribution >= 4 is 33.4 Å². The van der Waals surface area contributed by atoms with Gasteiger partial charge in [0, 0.05) is 28.1 Å². The van der Waals surface area contributed by atoms with E-state index in [9.17, 15) is 9.59 Å². The van der Waals surface area contributed by atoms with Gasteiger partial charge in [-0.25, -0.2) is 0 Å². The Morgan fingerprint density at radius 1 is 1.05 bits per heavy atom. The number of H-pyrrole nitrogens is 1. The molecule has 0 radical (unpaired) electrons. The third-order valence-corrected chi connectivity index (χ3v) is 3.30. The molecule has 4 nitrogen and oxygen atoms in total. The highest BCUT2D eigenvalue weighted by Crippen LogP contribution is 2.30. The lowest BCUT2D eigenvalue weighted by atomic mass is 10.0. The fraction of sp³-hybridized carbons (Fsp3) is 0.133. The number of para-hydroxylation sites is 1. The van der Waals surface area contributed by atoms with Crippen LogP contribution in [0.5, 0.6) is 0 Å². The molecule has 0 unspecified atom stereocenters. The van der Waals surface area contributed by atoms with Gasteiger partial charge in [-0.1, -0.05) is 12.1 Å². The Kier molecular flexibility index (Phi) is 2.45. The first kappa shape index (κ1) is 11.6. The number of fused-ring (bicyclic) bond motifs is 3. The van der Waals surface area contributed by atoms with E-state index in [1.54, 1.807) is 18.5 Å². The van der Waals surface area contributed by atoms with Crippen LogP contribution in [0.1, 0.15) is 34.6 Å². The maximum atomic E-state index is 11.7. The van der Waals surface area contributed by atoms with E-state index in [4.69, 9.17) is 0 Å². The number of aromatic amines is 1. The number of nitrogens with zero attached hydrogens (tertiary/aromatic N) is 1. The third kappa shape index (κ3) is 1.64. The standard InChI is InChI=1S/C15H12N2O2/c1-8(18)10-4-3-5-11-14-12(9(2)19)6-16-7-13(14)17-15(10)11/h3-7,17H,1-2H3. The summed E-state index contributed by atoms with van der Waals surface area (Å²) < 4.78 is 0. The molecule has 0 fully saturated rings. The van der Waals surface area contributed by atoms with Crippen LogP contribution in [0, 0.1) is 0 Å². The summed E-state index contributed by atoms with van der Waals surface area (Å²) >= 11 is 0.